The summed E-state index contributed by atoms with van der Waals surface area (Å²) in [7, 11) is 0. The first-order valence-electron chi connectivity index (χ1n) is 12.7. The van der Waals surface area contributed by atoms with E-state index in [0.717, 1.165) is 0 Å². The molecule has 0 heterocycles. The molecule has 0 fully saturated rings. The van der Waals surface area contributed by atoms with Crippen molar-refractivity contribution in [2.75, 3.05) is 0 Å². The van der Waals surface area contributed by atoms with E-state index in [2.05, 4.69) is 20.3 Å². The first-order valence-corrected chi connectivity index (χ1v) is 12.7. The zero-order valence-corrected chi connectivity index (χ0v) is 18.8. The monoisotopic (exact) mass is 365 g/mol. The second kappa shape index (κ2) is 25.0. The Morgan fingerprint density at radius 3 is 0.808 bits per heavy atom. The molecule has 0 spiro atoms. The molecular weight excluding hydrogens is 312 g/mol. The number of hydrogen-bond donors (Lipinski definition) is 0. The number of hydrogen-bond acceptors (Lipinski definition) is 0. The van der Waals surface area contributed by atoms with Gasteiger partial charge < -0.3 is 0 Å². The predicted molar refractivity (Wildman–Crippen MR) is 122 cm³/mol. The number of rotatable bonds is 23. The van der Waals surface area contributed by atoms with Crippen molar-refractivity contribution in [1.82, 2.24) is 0 Å². The minimum atomic E-state index is 1.37. The molecule has 0 N–H and O–H groups in total. The normalized spacial score (nSPS) is 11.3. The van der Waals surface area contributed by atoms with E-state index in [1.54, 1.807) is 0 Å². The SMILES string of the molecule is CCCCCCCCCC[CH]CCCCCCCCCCCCCCC. The van der Waals surface area contributed by atoms with E-state index in [9.17, 15) is 0 Å². The van der Waals surface area contributed by atoms with Crippen molar-refractivity contribution in [3.05, 3.63) is 6.42 Å². The zero-order valence-electron chi connectivity index (χ0n) is 18.8. The van der Waals surface area contributed by atoms with Crippen LogP contribution in [-0.2, 0) is 0 Å². The van der Waals surface area contributed by atoms with Gasteiger partial charge in [-0.1, -0.05) is 162 Å². The standard InChI is InChI=1S/C26H53/c1-3-5-7-9-11-13-15-17-19-21-23-25-26-24-22-20-18-16-14-12-10-8-6-4-2/h21H,3-20,22-26H2,1-2H3. The summed E-state index contributed by atoms with van der Waals surface area (Å²) in [6.07, 6.45) is 35.9. The van der Waals surface area contributed by atoms with Crippen LogP contribution in [0.1, 0.15) is 162 Å². The van der Waals surface area contributed by atoms with Gasteiger partial charge >= 0.3 is 0 Å². The summed E-state index contributed by atoms with van der Waals surface area (Å²) in [6, 6.07) is 0. The summed E-state index contributed by atoms with van der Waals surface area (Å²) >= 11 is 0. The van der Waals surface area contributed by atoms with Gasteiger partial charge in [0.15, 0.2) is 0 Å². The van der Waals surface area contributed by atoms with E-state index < -0.39 is 0 Å². The quantitative estimate of drug-likeness (QED) is 0.158. The highest BCUT2D eigenvalue weighted by atomic mass is 14.0. The summed E-state index contributed by atoms with van der Waals surface area (Å²) in [4.78, 5) is 0. The summed E-state index contributed by atoms with van der Waals surface area (Å²) in [6.45, 7) is 4.60. The maximum atomic E-state index is 2.57. The van der Waals surface area contributed by atoms with Crippen molar-refractivity contribution in [1.29, 1.82) is 0 Å². The van der Waals surface area contributed by atoms with Crippen molar-refractivity contribution in [2.45, 2.75) is 162 Å². The molecule has 0 aromatic carbocycles. The molecule has 0 saturated carbocycles. The van der Waals surface area contributed by atoms with Gasteiger partial charge in [0.1, 0.15) is 0 Å². The fourth-order valence-corrected chi connectivity index (χ4v) is 3.87. The lowest BCUT2D eigenvalue weighted by molar-refractivity contribution is 0.536. The second-order valence-corrected chi connectivity index (χ2v) is 8.58. The smallest absolute Gasteiger partial charge is 0.0386 e. The van der Waals surface area contributed by atoms with Gasteiger partial charge in [-0.15, -0.1) is 0 Å². The maximum Gasteiger partial charge on any atom is -0.0386 e. The molecule has 0 rings (SSSR count). The van der Waals surface area contributed by atoms with Crippen LogP contribution >= 0.6 is 0 Å². The molecule has 1 radical (unpaired) electrons. The van der Waals surface area contributed by atoms with E-state index in [4.69, 9.17) is 0 Å². The molecule has 0 aliphatic carbocycles. The first-order chi connectivity index (χ1) is 12.9. The molecule has 0 bridgehead atoms. The van der Waals surface area contributed by atoms with Gasteiger partial charge in [-0.2, -0.15) is 0 Å². The minimum Gasteiger partial charge on any atom is -0.0654 e. The lowest BCUT2D eigenvalue weighted by atomic mass is 10.0. The highest BCUT2D eigenvalue weighted by Gasteiger charge is 1.95. The maximum absolute atomic E-state index is 2.57. The molecule has 0 saturated heterocycles. The molecule has 157 valence electrons. The van der Waals surface area contributed by atoms with Crippen LogP contribution in [-0.4, -0.2) is 0 Å². The lowest BCUT2D eigenvalue weighted by Crippen LogP contribution is -1.85. The summed E-state index contributed by atoms with van der Waals surface area (Å²) in [5.74, 6) is 0. The third-order valence-corrected chi connectivity index (χ3v) is 5.77. The highest BCUT2D eigenvalue weighted by molar-refractivity contribution is 4.64. The summed E-state index contributed by atoms with van der Waals surface area (Å²) in [5.41, 5.74) is 0. The van der Waals surface area contributed by atoms with Gasteiger partial charge in [0.05, 0.1) is 0 Å². The highest BCUT2D eigenvalue weighted by Crippen LogP contribution is 2.15. The Morgan fingerprint density at radius 2 is 0.538 bits per heavy atom. The van der Waals surface area contributed by atoms with Crippen molar-refractivity contribution in [2.24, 2.45) is 0 Å². The van der Waals surface area contributed by atoms with Gasteiger partial charge in [-0.25, -0.2) is 0 Å². The van der Waals surface area contributed by atoms with Gasteiger partial charge in [0.25, 0.3) is 0 Å². The third-order valence-electron chi connectivity index (χ3n) is 5.77. The van der Waals surface area contributed by atoms with E-state index in [-0.39, 0.29) is 0 Å². The predicted octanol–water partition coefficient (Wildman–Crippen LogP) is 10.2. The Balaban J connectivity index is 2.95. The fraction of sp³-hybridized carbons (Fsp3) is 0.962. The van der Waals surface area contributed by atoms with Crippen LogP contribution in [0.5, 0.6) is 0 Å². The molecule has 0 aromatic heterocycles. The Kier molecular flexibility index (Phi) is 25.0. The summed E-state index contributed by atoms with van der Waals surface area (Å²) < 4.78 is 0. The first kappa shape index (κ1) is 26.0. The van der Waals surface area contributed by atoms with Crippen molar-refractivity contribution < 1.29 is 0 Å². The van der Waals surface area contributed by atoms with Crippen LogP contribution in [0.2, 0.25) is 0 Å². The molecule has 0 amide bonds. The molecule has 0 aromatic rings. The Labute approximate surface area is 168 Å². The number of unbranched alkanes of at least 4 members (excludes halogenated alkanes) is 23. The molecule has 0 unspecified atom stereocenters. The van der Waals surface area contributed by atoms with Gasteiger partial charge in [-0.3, -0.25) is 0 Å². The average Bonchev–Trinajstić information content (AvgIpc) is 2.66. The molecule has 0 heteroatoms. The molecule has 0 nitrogen and oxygen atoms in total. The van der Waals surface area contributed by atoms with E-state index in [0.29, 0.717) is 0 Å². The zero-order chi connectivity index (χ0) is 19.0. The molecule has 0 aliphatic heterocycles. The van der Waals surface area contributed by atoms with Gasteiger partial charge in [0.2, 0.25) is 0 Å². The van der Waals surface area contributed by atoms with Gasteiger partial charge in [0, 0.05) is 0 Å². The van der Waals surface area contributed by atoms with E-state index in [1.807, 2.05) is 0 Å². The van der Waals surface area contributed by atoms with E-state index >= 15 is 0 Å². The van der Waals surface area contributed by atoms with Crippen LogP contribution in [0.25, 0.3) is 0 Å². The van der Waals surface area contributed by atoms with Crippen molar-refractivity contribution in [3.8, 4) is 0 Å². The van der Waals surface area contributed by atoms with Gasteiger partial charge in [-0.05, 0) is 6.42 Å². The topological polar surface area (TPSA) is 0 Å². The van der Waals surface area contributed by atoms with Crippen molar-refractivity contribution in [3.63, 3.8) is 0 Å². The Morgan fingerprint density at radius 1 is 0.308 bits per heavy atom. The largest absolute Gasteiger partial charge is 0.0654 e. The van der Waals surface area contributed by atoms with Crippen LogP contribution in [0.4, 0.5) is 0 Å². The van der Waals surface area contributed by atoms with Crippen LogP contribution in [0, 0.1) is 6.42 Å². The molecule has 0 aliphatic rings. The molecular formula is C26H53. The summed E-state index contributed by atoms with van der Waals surface area (Å²) in [5, 5.41) is 0. The fourth-order valence-electron chi connectivity index (χ4n) is 3.87. The van der Waals surface area contributed by atoms with Crippen molar-refractivity contribution >= 4 is 0 Å². The second-order valence-electron chi connectivity index (χ2n) is 8.58. The molecule has 26 heavy (non-hydrogen) atoms. The van der Waals surface area contributed by atoms with Crippen LogP contribution < -0.4 is 0 Å². The minimum absolute atomic E-state index is 1.37. The van der Waals surface area contributed by atoms with Crippen LogP contribution in [0.3, 0.4) is 0 Å². The van der Waals surface area contributed by atoms with E-state index in [1.165, 1.54) is 148 Å². The Bertz CT molecular complexity index is 196. The lowest BCUT2D eigenvalue weighted by Gasteiger charge is -2.04. The molecule has 0 atom stereocenters. The van der Waals surface area contributed by atoms with Crippen LogP contribution in [0.15, 0.2) is 0 Å². The average molecular weight is 366 g/mol. The third kappa shape index (κ3) is 24.0. The Hall–Kier alpha value is 0.